The lowest BCUT2D eigenvalue weighted by Gasteiger charge is -2.35. The molecule has 3 atom stereocenters. The minimum Gasteiger partial charge on any atom is -0.330 e. The van der Waals surface area contributed by atoms with Crippen molar-refractivity contribution in [2.45, 2.75) is 56.1 Å². The number of benzene rings is 1. The Balaban J connectivity index is 2.01. The maximum atomic E-state index is 5.98. The van der Waals surface area contributed by atoms with Gasteiger partial charge in [0.1, 0.15) is 0 Å². The minimum absolute atomic E-state index is 0.707. The average molecular weight is 277 g/mol. The van der Waals surface area contributed by atoms with E-state index in [0.717, 1.165) is 17.7 Å². The molecule has 0 amide bonds. The van der Waals surface area contributed by atoms with E-state index >= 15 is 0 Å². The van der Waals surface area contributed by atoms with Gasteiger partial charge in [0.05, 0.1) is 0 Å². The van der Waals surface area contributed by atoms with E-state index in [4.69, 9.17) is 5.73 Å². The molecule has 0 spiro atoms. The van der Waals surface area contributed by atoms with Gasteiger partial charge in [-0.2, -0.15) is 0 Å². The summed E-state index contributed by atoms with van der Waals surface area (Å²) in [5, 5.41) is 0.720. The number of nitrogens with two attached hydrogens (primary N) is 1. The molecule has 0 radical (unpaired) electrons. The van der Waals surface area contributed by atoms with Crippen molar-refractivity contribution in [3.8, 4) is 0 Å². The summed E-state index contributed by atoms with van der Waals surface area (Å²) in [7, 11) is 0. The van der Waals surface area contributed by atoms with Gasteiger partial charge in [0.25, 0.3) is 0 Å². The van der Waals surface area contributed by atoms with E-state index in [1.165, 1.54) is 42.6 Å². The molecule has 3 unspecified atom stereocenters. The van der Waals surface area contributed by atoms with Crippen LogP contribution < -0.4 is 5.73 Å². The van der Waals surface area contributed by atoms with Gasteiger partial charge in [-0.05, 0) is 50.3 Å². The van der Waals surface area contributed by atoms with Gasteiger partial charge in [-0.3, -0.25) is 0 Å². The van der Waals surface area contributed by atoms with Gasteiger partial charge in [-0.1, -0.05) is 43.9 Å². The van der Waals surface area contributed by atoms with Crippen LogP contribution in [0.4, 0.5) is 0 Å². The zero-order chi connectivity index (χ0) is 13.7. The molecule has 0 aromatic heterocycles. The van der Waals surface area contributed by atoms with Gasteiger partial charge in [0.2, 0.25) is 0 Å². The van der Waals surface area contributed by atoms with Crippen LogP contribution in [0, 0.1) is 18.8 Å². The number of thioether (sulfide) groups is 1. The van der Waals surface area contributed by atoms with E-state index in [-0.39, 0.29) is 0 Å². The highest BCUT2D eigenvalue weighted by Gasteiger charge is 2.29. The van der Waals surface area contributed by atoms with E-state index < -0.39 is 0 Å². The van der Waals surface area contributed by atoms with E-state index in [2.05, 4.69) is 49.9 Å². The number of aryl methyl sites for hydroxylation is 1. The molecule has 1 fully saturated rings. The van der Waals surface area contributed by atoms with Crippen molar-refractivity contribution in [1.82, 2.24) is 0 Å². The van der Waals surface area contributed by atoms with Crippen LogP contribution >= 0.6 is 11.8 Å². The van der Waals surface area contributed by atoms with Crippen LogP contribution in [0.15, 0.2) is 29.2 Å². The standard InChI is InChI=1S/C17H27NS/c1-3-5-14-8-9-15(12-18)17(11-14)19-16-7-4-6-13(2)10-16/h4,6-7,10,14-15,17H,3,5,8-9,11-12,18H2,1-2H3. The fourth-order valence-electron chi connectivity index (χ4n) is 3.22. The van der Waals surface area contributed by atoms with E-state index in [0.29, 0.717) is 5.92 Å². The number of hydrogen-bond donors (Lipinski definition) is 1. The number of hydrogen-bond acceptors (Lipinski definition) is 2. The Morgan fingerprint density at radius 3 is 2.84 bits per heavy atom. The Kier molecular flexibility index (Phi) is 5.77. The average Bonchev–Trinajstić information content (AvgIpc) is 2.39. The lowest BCUT2D eigenvalue weighted by Crippen LogP contribution is -2.32. The summed E-state index contributed by atoms with van der Waals surface area (Å²) in [5.74, 6) is 1.63. The molecule has 1 aliphatic rings. The van der Waals surface area contributed by atoms with Crippen LogP contribution in [0.2, 0.25) is 0 Å². The zero-order valence-corrected chi connectivity index (χ0v) is 13.1. The summed E-state index contributed by atoms with van der Waals surface area (Å²) >= 11 is 2.06. The summed E-state index contributed by atoms with van der Waals surface area (Å²) in [4.78, 5) is 1.42. The van der Waals surface area contributed by atoms with Crippen molar-refractivity contribution in [2.75, 3.05) is 6.54 Å². The molecule has 2 heteroatoms. The quantitative estimate of drug-likeness (QED) is 0.849. The van der Waals surface area contributed by atoms with Crippen LogP contribution in [0.25, 0.3) is 0 Å². The SMILES string of the molecule is CCCC1CCC(CN)C(Sc2cccc(C)c2)C1. The molecule has 0 heterocycles. The molecule has 1 aromatic carbocycles. The van der Waals surface area contributed by atoms with Gasteiger partial charge >= 0.3 is 0 Å². The summed E-state index contributed by atoms with van der Waals surface area (Å²) in [6.45, 7) is 5.32. The molecule has 1 nitrogen and oxygen atoms in total. The number of rotatable bonds is 5. The van der Waals surface area contributed by atoms with Gasteiger partial charge in [0, 0.05) is 10.1 Å². The minimum atomic E-state index is 0.707. The Labute approximate surface area is 122 Å². The predicted molar refractivity (Wildman–Crippen MR) is 85.6 cm³/mol. The van der Waals surface area contributed by atoms with Gasteiger partial charge in [-0.25, -0.2) is 0 Å². The maximum absolute atomic E-state index is 5.98. The van der Waals surface area contributed by atoms with E-state index in [9.17, 15) is 0 Å². The first kappa shape index (κ1) is 14.9. The van der Waals surface area contributed by atoms with Crippen molar-refractivity contribution in [1.29, 1.82) is 0 Å². The first-order valence-corrected chi connectivity index (χ1v) is 8.54. The van der Waals surface area contributed by atoms with Crippen LogP contribution in [-0.2, 0) is 0 Å². The Morgan fingerprint density at radius 1 is 1.32 bits per heavy atom. The highest BCUT2D eigenvalue weighted by molar-refractivity contribution is 8.00. The van der Waals surface area contributed by atoms with E-state index in [1.54, 1.807) is 0 Å². The topological polar surface area (TPSA) is 26.0 Å². The van der Waals surface area contributed by atoms with Crippen molar-refractivity contribution < 1.29 is 0 Å². The van der Waals surface area contributed by atoms with Gasteiger partial charge < -0.3 is 5.73 Å². The predicted octanol–water partition coefficient (Wildman–Crippen LogP) is 4.63. The molecule has 2 rings (SSSR count). The molecule has 0 saturated heterocycles. The second-order valence-corrected chi connectivity index (χ2v) is 7.25. The Bertz CT molecular complexity index is 391. The first-order chi connectivity index (χ1) is 9.22. The van der Waals surface area contributed by atoms with Gasteiger partial charge in [0.15, 0.2) is 0 Å². The van der Waals surface area contributed by atoms with Crippen LogP contribution in [0.5, 0.6) is 0 Å². The molecular formula is C17H27NS. The summed E-state index contributed by atoms with van der Waals surface area (Å²) in [5.41, 5.74) is 7.34. The van der Waals surface area contributed by atoms with Crippen LogP contribution in [0.3, 0.4) is 0 Å². The second kappa shape index (κ2) is 7.35. The van der Waals surface area contributed by atoms with Gasteiger partial charge in [-0.15, -0.1) is 11.8 Å². The molecule has 1 aliphatic carbocycles. The van der Waals surface area contributed by atoms with Crippen molar-refractivity contribution in [2.24, 2.45) is 17.6 Å². The van der Waals surface area contributed by atoms with Crippen molar-refractivity contribution >= 4 is 11.8 Å². The third kappa shape index (κ3) is 4.25. The van der Waals surface area contributed by atoms with Crippen molar-refractivity contribution in [3.05, 3.63) is 29.8 Å². The zero-order valence-electron chi connectivity index (χ0n) is 12.3. The van der Waals surface area contributed by atoms with Crippen LogP contribution in [-0.4, -0.2) is 11.8 Å². The third-order valence-electron chi connectivity index (χ3n) is 4.31. The molecule has 0 bridgehead atoms. The largest absolute Gasteiger partial charge is 0.330 e. The molecule has 1 aromatic rings. The molecule has 2 N–H and O–H groups in total. The Hall–Kier alpha value is -0.470. The fourth-order valence-corrected chi connectivity index (χ4v) is 4.79. The smallest absolute Gasteiger partial charge is 0.0137 e. The fraction of sp³-hybridized carbons (Fsp3) is 0.647. The van der Waals surface area contributed by atoms with Crippen molar-refractivity contribution in [3.63, 3.8) is 0 Å². The molecule has 19 heavy (non-hydrogen) atoms. The first-order valence-electron chi connectivity index (χ1n) is 7.66. The molecular weight excluding hydrogens is 250 g/mol. The highest BCUT2D eigenvalue weighted by atomic mass is 32.2. The second-order valence-electron chi connectivity index (χ2n) is 5.94. The maximum Gasteiger partial charge on any atom is 0.0137 e. The summed E-state index contributed by atoms with van der Waals surface area (Å²) in [6, 6.07) is 8.89. The molecule has 1 saturated carbocycles. The lowest BCUT2D eigenvalue weighted by atomic mass is 9.80. The highest BCUT2D eigenvalue weighted by Crippen LogP contribution is 2.41. The monoisotopic (exact) mass is 277 g/mol. The third-order valence-corrected chi connectivity index (χ3v) is 5.72. The summed E-state index contributed by atoms with van der Waals surface area (Å²) in [6.07, 6.45) is 6.78. The Morgan fingerprint density at radius 2 is 2.16 bits per heavy atom. The molecule has 106 valence electrons. The van der Waals surface area contributed by atoms with Crippen LogP contribution in [0.1, 0.15) is 44.6 Å². The summed E-state index contributed by atoms with van der Waals surface area (Å²) < 4.78 is 0. The van der Waals surface area contributed by atoms with E-state index in [1.807, 2.05) is 0 Å². The molecule has 0 aliphatic heterocycles. The lowest BCUT2D eigenvalue weighted by molar-refractivity contribution is 0.276. The normalized spacial score (nSPS) is 27.4.